The van der Waals surface area contributed by atoms with E-state index in [1.807, 2.05) is 86.6 Å². The number of rotatable bonds is 11. The Balaban J connectivity index is 1.92. The van der Waals surface area contributed by atoms with Gasteiger partial charge in [0.2, 0.25) is 5.91 Å². The van der Waals surface area contributed by atoms with E-state index in [2.05, 4.69) is 57.9 Å². The molecule has 0 radical (unpaired) electrons. The van der Waals surface area contributed by atoms with Gasteiger partial charge < -0.3 is 15.0 Å². The Kier molecular flexibility index (Phi) is 11.2. The van der Waals surface area contributed by atoms with E-state index in [4.69, 9.17) is 4.74 Å². The third-order valence-corrected chi connectivity index (χ3v) is 7.78. The predicted molar refractivity (Wildman–Crippen MR) is 165 cm³/mol. The SMILES string of the molecule is CC[C@@H](C)NC(=O)[C@H](Cc1ccccc1)N(Cc1cccc(Br)c1)C(=O)COc1ccc(C(C)(C)C)cc1Br. The van der Waals surface area contributed by atoms with Crippen LogP contribution in [0.3, 0.4) is 0 Å². The fourth-order valence-electron chi connectivity index (χ4n) is 4.13. The lowest BCUT2D eigenvalue weighted by molar-refractivity contribution is -0.143. The molecule has 39 heavy (non-hydrogen) atoms. The van der Waals surface area contributed by atoms with Crippen molar-refractivity contribution in [1.29, 1.82) is 0 Å². The zero-order valence-corrected chi connectivity index (χ0v) is 26.5. The van der Waals surface area contributed by atoms with Crippen molar-refractivity contribution in [2.75, 3.05) is 6.61 Å². The average Bonchev–Trinajstić information content (AvgIpc) is 2.89. The summed E-state index contributed by atoms with van der Waals surface area (Å²) in [6.45, 7) is 10.5. The number of halogens is 2. The van der Waals surface area contributed by atoms with E-state index < -0.39 is 6.04 Å². The van der Waals surface area contributed by atoms with Crippen LogP contribution in [0, 0.1) is 0 Å². The molecule has 0 aromatic heterocycles. The smallest absolute Gasteiger partial charge is 0.261 e. The molecule has 0 unspecified atom stereocenters. The minimum Gasteiger partial charge on any atom is -0.483 e. The molecular formula is C32H38Br2N2O3. The Morgan fingerprint density at radius 3 is 2.26 bits per heavy atom. The number of hydrogen-bond donors (Lipinski definition) is 1. The molecule has 0 aliphatic heterocycles. The van der Waals surface area contributed by atoms with E-state index in [1.54, 1.807) is 4.90 Å². The lowest BCUT2D eigenvalue weighted by Gasteiger charge is -2.32. The van der Waals surface area contributed by atoms with Crippen LogP contribution in [0.5, 0.6) is 5.75 Å². The van der Waals surface area contributed by atoms with Crippen molar-refractivity contribution < 1.29 is 14.3 Å². The highest BCUT2D eigenvalue weighted by Gasteiger charge is 2.31. The first-order valence-corrected chi connectivity index (χ1v) is 14.9. The van der Waals surface area contributed by atoms with Gasteiger partial charge in [0.15, 0.2) is 6.61 Å². The second-order valence-electron chi connectivity index (χ2n) is 10.9. The van der Waals surface area contributed by atoms with Gasteiger partial charge in [-0.3, -0.25) is 9.59 Å². The number of carbonyl (C=O) groups excluding carboxylic acids is 2. The summed E-state index contributed by atoms with van der Waals surface area (Å²) in [4.78, 5) is 29.1. The van der Waals surface area contributed by atoms with Gasteiger partial charge in [0.05, 0.1) is 4.47 Å². The Morgan fingerprint density at radius 2 is 1.64 bits per heavy atom. The van der Waals surface area contributed by atoms with Crippen LogP contribution < -0.4 is 10.1 Å². The predicted octanol–water partition coefficient (Wildman–Crippen LogP) is 7.44. The molecule has 0 saturated heterocycles. The summed E-state index contributed by atoms with van der Waals surface area (Å²) in [6.07, 6.45) is 1.19. The number of nitrogens with zero attached hydrogens (tertiary/aromatic N) is 1. The molecule has 0 spiro atoms. The molecule has 5 nitrogen and oxygen atoms in total. The van der Waals surface area contributed by atoms with E-state index in [9.17, 15) is 9.59 Å². The standard InChI is InChI=1S/C32H38Br2N2O3/c1-6-22(2)35-31(38)28(18-23-11-8-7-9-12-23)36(20-24-13-10-14-26(33)17-24)30(37)21-39-29-16-15-25(19-27(29)34)32(3,4)5/h7-17,19,22,28H,6,18,20-21H2,1-5H3,(H,35,38)/t22-,28+/m1/s1. The summed E-state index contributed by atoms with van der Waals surface area (Å²) in [5.41, 5.74) is 3.05. The Hall–Kier alpha value is -2.64. The molecule has 2 amide bonds. The first-order valence-electron chi connectivity index (χ1n) is 13.3. The molecule has 0 saturated carbocycles. The zero-order chi connectivity index (χ0) is 28.6. The summed E-state index contributed by atoms with van der Waals surface area (Å²) < 4.78 is 7.71. The van der Waals surface area contributed by atoms with Crippen LogP contribution in [0.1, 0.15) is 57.7 Å². The number of carbonyl (C=O) groups is 2. The van der Waals surface area contributed by atoms with Gasteiger partial charge in [0.25, 0.3) is 5.91 Å². The lowest BCUT2D eigenvalue weighted by atomic mass is 9.87. The normalized spacial score (nSPS) is 12.9. The van der Waals surface area contributed by atoms with E-state index in [-0.39, 0.29) is 36.4 Å². The van der Waals surface area contributed by atoms with Gasteiger partial charge in [-0.25, -0.2) is 0 Å². The quantitative estimate of drug-likeness (QED) is 0.233. The highest BCUT2D eigenvalue weighted by molar-refractivity contribution is 9.10. The molecule has 0 bridgehead atoms. The van der Waals surface area contributed by atoms with Crippen LogP contribution in [0.25, 0.3) is 0 Å². The van der Waals surface area contributed by atoms with Crippen molar-refractivity contribution in [3.63, 3.8) is 0 Å². The highest BCUT2D eigenvalue weighted by atomic mass is 79.9. The maximum Gasteiger partial charge on any atom is 0.261 e. The second kappa shape index (κ2) is 14.1. The average molecular weight is 658 g/mol. The van der Waals surface area contributed by atoms with Crippen LogP contribution in [0.2, 0.25) is 0 Å². The van der Waals surface area contributed by atoms with Gasteiger partial charge in [-0.2, -0.15) is 0 Å². The fraction of sp³-hybridized carbons (Fsp3) is 0.375. The summed E-state index contributed by atoms with van der Waals surface area (Å²) in [6, 6.07) is 22.8. The van der Waals surface area contributed by atoms with Crippen LogP contribution in [-0.4, -0.2) is 35.4 Å². The minimum absolute atomic E-state index is 0.00729. The molecule has 2 atom stereocenters. The third kappa shape index (κ3) is 9.21. The van der Waals surface area contributed by atoms with Gasteiger partial charge in [0.1, 0.15) is 11.8 Å². The minimum atomic E-state index is -0.705. The molecule has 3 aromatic rings. The molecule has 1 N–H and O–H groups in total. The molecule has 0 aliphatic carbocycles. The van der Waals surface area contributed by atoms with Gasteiger partial charge in [-0.1, -0.05) is 92.2 Å². The molecule has 208 valence electrons. The summed E-state index contributed by atoms with van der Waals surface area (Å²) in [5, 5.41) is 3.10. The Morgan fingerprint density at radius 1 is 0.949 bits per heavy atom. The Labute approximate surface area is 249 Å². The molecule has 0 aliphatic rings. The number of ether oxygens (including phenoxy) is 1. The van der Waals surface area contributed by atoms with Crippen molar-refractivity contribution in [1.82, 2.24) is 10.2 Å². The number of hydrogen-bond acceptors (Lipinski definition) is 3. The van der Waals surface area contributed by atoms with E-state index >= 15 is 0 Å². The number of benzene rings is 3. The molecule has 3 rings (SSSR count). The van der Waals surface area contributed by atoms with Gasteiger partial charge in [-0.05, 0) is 75.6 Å². The van der Waals surface area contributed by atoms with Crippen molar-refractivity contribution in [3.05, 3.63) is 98.4 Å². The molecule has 3 aromatic carbocycles. The van der Waals surface area contributed by atoms with Crippen molar-refractivity contribution in [2.24, 2.45) is 0 Å². The van der Waals surface area contributed by atoms with Gasteiger partial charge in [0, 0.05) is 23.5 Å². The highest BCUT2D eigenvalue weighted by Crippen LogP contribution is 2.31. The number of amides is 2. The summed E-state index contributed by atoms with van der Waals surface area (Å²) in [7, 11) is 0. The summed E-state index contributed by atoms with van der Waals surface area (Å²) >= 11 is 7.13. The van der Waals surface area contributed by atoms with Crippen LogP contribution >= 0.6 is 31.9 Å². The van der Waals surface area contributed by atoms with Crippen LogP contribution in [0.15, 0.2) is 81.7 Å². The fourth-order valence-corrected chi connectivity index (χ4v) is 5.07. The molecule has 0 heterocycles. The maximum atomic E-state index is 13.8. The Bertz CT molecular complexity index is 1260. The first kappa shape index (κ1) is 30.9. The van der Waals surface area contributed by atoms with Crippen molar-refractivity contribution in [3.8, 4) is 5.75 Å². The molecule has 0 fully saturated rings. The molecule has 7 heteroatoms. The van der Waals surface area contributed by atoms with Crippen molar-refractivity contribution >= 4 is 43.7 Å². The zero-order valence-electron chi connectivity index (χ0n) is 23.3. The first-order chi connectivity index (χ1) is 18.5. The van der Waals surface area contributed by atoms with Crippen LogP contribution in [-0.2, 0) is 28.0 Å². The monoisotopic (exact) mass is 656 g/mol. The van der Waals surface area contributed by atoms with Gasteiger partial charge in [-0.15, -0.1) is 0 Å². The lowest BCUT2D eigenvalue weighted by Crippen LogP contribution is -2.53. The third-order valence-electron chi connectivity index (χ3n) is 6.66. The van der Waals surface area contributed by atoms with E-state index in [1.165, 1.54) is 0 Å². The molecular weight excluding hydrogens is 620 g/mol. The van der Waals surface area contributed by atoms with E-state index in [0.717, 1.165) is 32.1 Å². The summed E-state index contributed by atoms with van der Waals surface area (Å²) in [5.74, 6) is 0.150. The maximum absolute atomic E-state index is 13.8. The van der Waals surface area contributed by atoms with Crippen molar-refractivity contribution in [2.45, 2.75) is 71.5 Å². The topological polar surface area (TPSA) is 58.6 Å². The van der Waals surface area contributed by atoms with Gasteiger partial charge >= 0.3 is 0 Å². The second-order valence-corrected chi connectivity index (χ2v) is 12.6. The number of nitrogens with one attached hydrogen (secondary N) is 1. The largest absolute Gasteiger partial charge is 0.483 e. The van der Waals surface area contributed by atoms with Crippen LogP contribution in [0.4, 0.5) is 0 Å². The van der Waals surface area contributed by atoms with E-state index in [0.29, 0.717) is 12.2 Å².